The van der Waals surface area contributed by atoms with Gasteiger partial charge in [-0.1, -0.05) is 11.6 Å². The molecule has 2 aromatic carbocycles. The molecule has 2 aliphatic carbocycles. The smallest absolute Gasteiger partial charge is 0.307 e. The van der Waals surface area contributed by atoms with Crippen LogP contribution in [0.3, 0.4) is 0 Å². The second-order valence-electron chi connectivity index (χ2n) is 9.97. The van der Waals surface area contributed by atoms with E-state index in [0.29, 0.717) is 25.0 Å². The predicted molar refractivity (Wildman–Crippen MR) is 136 cm³/mol. The van der Waals surface area contributed by atoms with Gasteiger partial charge in [-0.3, -0.25) is 9.59 Å². The Bertz CT molecular complexity index is 1550. The van der Waals surface area contributed by atoms with Gasteiger partial charge < -0.3 is 20.2 Å². The van der Waals surface area contributed by atoms with Gasteiger partial charge in [-0.25, -0.2) is 26.6 Å². The second kappa shape index (κ2) is 10.5. The molecule has 40 heavy (non-hydrogen) atoms. The highest BCUT2D eigenvalue weighted by molar-refractivity contribution is 7.92. The van der Waals surface area contributed by atoms with Crippen LogP contribution in [-0.2, 0) is 9.84 Å². The van der Waals surface area contributed by atoms with Crippen LogP contribution in [0.15, 0.2) is 52.1 Å². The second-order valence-corrected chi connectivity index (χ2v) is 12.6. The first-order chi connectivity index (χ1) is 18.9. The van der Waals surface area contributed by atoms with E-state index in [2.05, 4.69) is 15.6 Å². The summed E-state index contributed by atoms with van der Waals surface area (Å²) in [7, 11) is -4.09. The quantitative estimate of drug-likeness (QED) is 0.348. The van der Waals surface area contributed by atoms with Gasteiger partial charge in [0.1, 0.15) is 6.26 Å². The largest absolute Gasteiger partial charge is 0.441 e. The fourth-order valence-electron chi connectivity index (χ4n) is 5.66. The average Bonchev–Trinajstić information content (AvgIpc) is 3.48. The summed E-state index contributed by atoms with van der Waals surface area (Å²) in [5, 5.41) is 15.2. The van der Waals surface area contributed by atoms with E-state index in [1.807, 2.05) is 0 Å². The number of anilines is 1. The van der Waals surface area contributed by atoms with Crippen LogP contribution in [0.4, 0.5) is 18.9 Å². The molecule has 2 aliphatic rings. The van der Waals surface area contributed by atoms with Crippen molar-refractivity contribution < 1.29 is 40.7 Å². The van der Waals surface area contributed by atoms with E-state index in [1.165, 1.54) is 24.6 Å². The van der Waals surface area contributed by atoms with E-state index in [0.717, 1.165) is 6.07 Å². The highest BCUT2D eigenvalue weighted by atomic mass is 35.5. The lowest BCUT2D eigenvalue weighted by atomic mass is 9.74. The molecule has 0 saturated heterocycles. The number of aromatic nitrogens is 1. The Balaban J connectivity index is 1.32. The fourth-order valence-corrected chi connectivity index (χ4v) is 8.06. The molecule has 1 aromatic heterocycles. The van der Waals surface area contributed by atoms with E-state index in [9.17, 15) is 36.3 Å². The fraction of sp³-hybridized carbons (Fsp3) is 0.346. The van der Waals surface area contributed by atoms with Crippen molar-refractivity contribution in [2.45, 2.75) is 41.4 Å². The molecule has 2 bridgehead atoms. The third kappa shape index (κ3) is 5.08. The first kappa shape index (κ1) is 28.1. The third-order valence-electron chi connectivity index (χ3n) is 7.71. The minimum atomic E-state index is -4.09. The number of fused-ring (bicyclic) bond motifs is 2. The van der Waals surface area contributed by atoms with Gasteiger partial charge in [0.05, 0.1) is 27.0 Å². The minimum absolute atomic E-state index is 0.0999. The van der Waals surface area contributed by atoms with Gasteiger partial charge in [-0.15, -0.1) is 0 Å². The number of aliphatic hydroxyl groups is 1. The molecule has 2 fully saturated rings. The molecule has 1 unspecified atom stereocenters. The Morgan fingerprint density at radius 3 is 2.33 bits per heavy atom. The van der Waals surface area contributed by atoms with Crippen LogP contribution in [0.25, 0.3) is 0 Å². The molecule has 9 nitrogen and oxygen atoms in total. The van der Waals surface area contributed by atoms with Crippen LogP contribution in [-0.4, -0.2) is 47.7 Å². The number of nitrogens with one attached hydrogen (secondary N) is 2. The lowest BCUT2D eigenvalue weighted by molar-refractivity contribution is -0.0550. The monoisotopic (exact) mass is 597 g/mol. The molecule has 0 spiro atoms. The number of carbonyl (C=O) groups is 2. The predicted octanol–water partition coefficient (Wildman–Crippen LogP) is 4.12. The van der Waals surface area contributed by atoms with Crippen LogP contribution < -0.4 is 10.6 Å². The number of sulfone groups is 1. The first-order valence-corrected chi connectivity index (χ1v) is 14.2. The zero-order valence-corrected chi connectivity index (χ0v) is 22.2. The van der Waals surface area contributed by atoms with E-state index in [-0.39, 0.29) is 46.4 Å². The average molecular weight is 598 g/mol. The van der Waals surface area contributed by atoms with Crippen LogP contribution in [0.2, 0.25) is 5.02 Å². The molecule has 2 amide bonds. The number of benzene rings is 2. The Kier molecular flexibility index (Phi) is 7.40. The van der Waals surface area contributed by atoms with Gasteiger partial charge in [0.25, 0.3) is 11.8 Å². The lowest BCUT2D eigenvalue weighted by Gasteiger charge is -2.42. The van der Waals surface area contributed by atoms with E-state index < -0.39 is 61.8 Å². The van der Waals surface area contributed by atoms with Gasteiger partial charge in [0.15, 0.2) is 27.3 Å². The van der Waals surface area contributed by atoms with E-state index in [4.69, 9.17) is 16.0 Å². The number of halogens is 4. The standard InChI is InChI=1S/C26H23ClF3N3O6S/c27-18-4-1-13(23(34)33-16-10-19(28)22(30)20(29)11-16)7-21(18)40(37,38)17-8-14-2-3-15(9-17)26(14,36)12-32-24(35)25-31-5-6-39-25/h1,4-7,10-11,14-15,17,36H,2-3,8-9,12H2,(H,32,35)(H,33,34)/t14-,15?,17-,26-/m0/s1. The zero-order chi connectivity index (χ0) is 28.8. The number of rotatable bonds is 7. The van der Waals surface area contributed by atoms with Gasteiger partial charge in [0.2, 0.25) is 0 Å². The molecule has 5 rings (SSSR count). The van der Waals surface area contributed by atoms with Crippen LogP contribution in [0.1, 0.15) is 46.7 Å². The van der Waals surface area contributed by atoms with Gasteiger partial charge in [0, 0.05) is 29.9 Å². The Labute approximate surface area is 231 Å². The Morgan fingerprint density at radius 2 is 1.73 bits per heavy atom. The van der Waals surface area contributed by atoms with Gasteiger partial charge >= 0.3 is 5.91 Å². The molecule has 0 radical (unpaired) electrons. The molecule has 212 valence electrons. The summed E-state index contributed by atoms with van der Waals surface area (Å²) >= 11 is 6.24. The third-order valence-corrected chi connectivity index (χ3v) is 10.4. The molecule has 2 saturated carbocycles. The molecule has 1 heterocycles. The summed E-state index contributed by atoms with van der Waals surface area (Å²) in [5.74, 6) is -7.19. The van der Waals surface area contributed by atoms with Crippen molar-refractivity contribution in [2.75, 3.05) is 11.9 Å². The topological polar surface area (TPSA) is 139 Å². The Hall–Kier alpha value is -3.42. The summed E-state index contributed by atoms with van der Waals surface area (Å²) in [6.07, 6.45) is 3.88. The van der Waals surface area contributed by atoms with Crippen molar-refractivity contribution in [3.05, 3.63) is 76.7 Å². The SMILES string of the molecule is O=C(Nc1cc(F)c(F)c(F)c1)c1ccc(Cl)c(S(=O)(=O)[C@@H]2CC3CC[C@@H](C2)[C@@]3(O)CNC(=O)c2ncco2)c1. The highest BCUT2D eigenvalue weighted by Crippen LogP contribution is 2.52. The van der Waals surface area contributed by atoms with Crippen molar-refractivity contribution in [1.29, 1.82) is 0 Å². The summed E-state index contributed by atoms with van der Waals surface area (Å²) in [6.45, 7) is -0.0999. The van der Waals surface area contributed by atoms with Gasteiger partial charge in [-0.2, -0.15) is 0 Å². The first-order valence-electron chi connectivity index (χ1n) is 12.3. The maximum absolute atomic E-state index is 13.7. The molecular weight excluding hydrogens is 575 g/mol. The Morgan fingerprint density at radius 1 is 1.07 bits per heavy atom. The normalized spacial score (nSPS) is 24.1. The molecule has 0 aliphatic heterocycles. The van der Waals surface area contributed by atoms with Crippen molar-refractivity contribution in [1.82, 2.24) is 10.3 Å². The summed E-state index contributed by atoms with van der Waals surface area (Å²) in [5.41, 5.74) is -1.84. The van der Waals surface area contributed by atoms with Crippen LogP contribution in [0, 0.1) is 29.3 Å². The maximum atomic E-state index is 13.7. The summed E-state index contributed by atoms with van der Waals surface area (Å²) < 4.78 is 72.7. The molecule has 4 atom stereocenters. The number of hydrogen-bond acceptors (Lipinski definition) is 7. The van der Waals surface area contributed by atoms with Crippen LogP contribution in [0.5, 0.6) is 0 Å². The number of amides is 2. The number of carbonyl (C=O) groups excluding carboxylic acids is 2. The zero-order valence-electron chi connectivity index (χ0n) is 20.7. The van der Waals surface area contributed by atoms with Gasteiger partial charge in [-0.05, 0) is 55.7 Å². The molecule has 3 aromatic rings. The number of hydrogen-bond donors (Lipinski definition) is 3. The minimum Gasteiger partial charge on any atom is -0.441 e. The van der Waals surface area contributed by atoms with E-state index in [1.54, 1.807) is 0 Å². The lowest BCUT2D eigenvalue weighted by Crippen LogP contribution is -2.54. The molecule has 14 heteroatoms. The van der Waals surface area contributed by atoms with E-state index >= 15 is 0 Å². The van der Waals surface area contributed by atoms with Crippen molar-refractivity contribution in [2.24, 2.45) is 11.8 Å². The van der Waals surface area contributed by atoms with Crippen molar-refractivity contribution in [3.8, 4) is 0 Å². The number of oxazole rings is 1. The van der Waals surface area contributed by atoms with Crippen molar-refractivity contribution in [3.63, 3.8) is 0 Å². The maximum Gasteiger partial charge on any atom is 0.307 e. The summed E-state index contributed by atoms with van der Waals surface area (Å²) in [4.78, 5) is 28.4. The highest BCUT2D eigenvalue weighted by Gasteiger charge is 2.55. The molecule has 3 N–H and O–H groups in total. The number of nitrogens with zero attached hydrogens (tertiary/aromatic N) is 1. The van der Waals surface area contributed by atoms with Crippen LogP contribution >= 0.6 is 11.6 Å². The summed E-state index contributed by atoms with van der Waals surface area (Å²) in [6, 6.07) is 4.73. The van der Waals surface area contributed by atoms with Crippen molar-refractivity contribution >= 4 is 38.9 Å². The molecular formula is C26H23ClF3N3O6S.